The summed E-state index contributed by atoms with van der Waals surface area (Å²) in [5.41, 5.74) is 3.10. The molecule has 1 aromatic heterocycles. The summed E-state index contributed by atoms with van der Waals surface area (Å²) in [7, 11) is -6.99. The van der Waals surface area contributed by atoms with Gasteiger partial charge in [0, 0.05) is 18.5 Å². The second-order valence-electron chi connectivity index (χ2n) is 8.53. The fourth-order valence-corrected chi connectivity index (χ4v) is 6.99. The van der Waals surface area contributed by atoms with Gasteiger partial charge in [0.05, 0.1) is 22.4 Å². The van der Waals surface area contributed by atoms with E-state index in [1.807, 2.05) is 6.92 Å². The topological polar surface area (TPSA) is 134 Å². The fraction of sp³-hybridized carbons (Fsp3) is 0.280. The molecule has 12 heteroatoms. The van der Waals surface area contributed by atoms with Crippen molar-refractivity contribution in [1.82, 2.24) is 9.78 Å². The van der Waals surface area contributed by atoms with Crippen molar-refractivity contribution in [2.24, 2.45) is 5.16 Å². The average Bonchev–Trinajstić information content (AvgIpc) is 3.23. The van der Waals surface area contributed by atoms with Crippen LogP contribution in [0.1, 0.15) is 35.6 Å². The predicted octanol–water partition coefficient (Wildman–Crippen LogP) is 3.51. The second-order valence-corrected chi connectivity index (χ2v) is 12.0. The maximum atomic E-state index is 13.2. The molecule has 0 saturated heterocycles. The summed E-state index contributed by atoms with van der Waals surface area (Å²) in [6.07, 6.45) is 1.19. The first kappa shape index (κ1) is 26.3. The van der Waals surface area contributed by atoms with Crippen molar-refractivity contribution in [1.29, 1.82) is 0 Å². The number of hydrogen-bond acceptors (Lipinski definition) is 9. The van der Waals surface area contributed by atoms with Crippen LogP contribution >= 0.6 is 0 Å². The monoisotopic (exact) mass is 543 g/mol. The predicted molar refractivity (Wildman–Crippen MR) is 136 cm³/mol. The minimum absolute atomic E-state index is 0.0112. The standard InChI is InChI=1S/C25H25N3O7S2/c1-6-28-25(35-37(32,33)18-9-7-15(2)8-10-18)21(13-26-28)20-11-16(3)24-23(17(20)4)22(27-34-5)12-19(14-29)36(24,30)31/h7-11,13H,6,12H2,1-5H3. The Morgan fingerprint density at radius 1 is 1.14 bits per heavy atom. The number of hydrogen-bond donors (Lipinski definition) is 0. The van der Waals surface area contributed by atoms with Crippen molar-refractivity contribution in [2.45, 2.75) is 50.5 Å². The molecule has 1 aliphatic rings. The molecule has 37 heavy (non-hydrogen) atoms. The molecular weight excluding hydrogens is 518 g/mol. The smallest absolute Gasteiger partial charge is 0.340 e. The van der Waals surface area contributed by atoms with Crippen LogP contribution in [0.2, 0.25) is 0 Å². The number of nitrogens with zero attached hydrogens (tertiary/aromatic N) is 3. The number of allylic oxidation sites excluding steroid dienone is 1. The molecule has 0 amide bonds. The van der Waals surface area contributed by atoms with Gasteiger partial charge in [0.25, 0.3) is 0 Å². The SMILES string of the molecule is CCn1ncc(-c2cc(C)c3c(c2C)C(=NOC)CC(=C=O)S3(=O)=O)c1OS(=O)(=O)c1ccc(C)cc1. The first-order chi connectivity index (χ1) is 17.5. The molecule has 0 N–H and O–H groups in total. The number of aromatic nitrogens is 2. The van der Waals surface area contributed by atoms with E-state index in [2.05, 4.69) is 10.3 Å². The van der Waals surface area contributed by atoms with Crippen molar-refractivity contribution in [2.75, 3.05) is 7.11 Å². The molecule has 4 rings (SSSR count). The molecule has 0 aliphatic carbocycles. The Balaban J connectivity index is 1.96. The third-order valence-corrected chi connectivity index (χ3v) is 9.30. The van der Waals surface area contributed by atoms with Crippen LogP contribution in [0.5, 0.6) is 5.88 Å². The van der Waals surface area contributed by atoms with Crippen molar-refractivity contribution in [3.8, 4) is 17.0 Å². The van der Waals surface area contributed by atoms with Crippen LogP contribution in [0.3, 0.4) is 0 Å². The summed E-state index contributed by atoms with van der Waals surface area (Å²) in [5, 5.41) is 8.27. The zero-order valence-electron chi connectivity index (χ0n) is 20.9. The van der Waals surface area contributed by atoms with E-state index in [0.717, 1.165) is 5.56 Å². The maximum Gasteiger partial charge on any atom is 0.340 e. The van der Waals surface area contributed by atoms with Crippen LogP contribution < -0.4 is 4.18 Å². The van der Waals surface area contributed by atoms with Gasteiger partial charge >= 0.3 is 10.1 Å². The highest BCUT2D eigenvalue weighted by molar-refractivity contribution is 7.95. The highest BCUT2D eigenvalue weighted by Gasteiger charge is 2.38. The lowest BCUT2D eigenvalue weighted by Crippen LogP contribution is -2.24. The van der Waals surface area contributed by atoms with Gasteiger partial charge in [-0.2, -0.15) is 13.5 Å². The van der Waals surface area contributed by atoms with E-state index in [1.165, 1.54) is 36.1 Å². The van der Waals surface area contributed by atoms with Crippen LogP contribution in [0.15, 0.2) is 56.4 Å². The van der Waals surface area contributed by atoms with Crippen LogP contribution in [-0.2, 0) is 36.1 Å². The van der Waals surface area contributed by atoms with Crippen LogP contribution in [0, 0.1) is 20.8 Å². The molecule has 0 unspecified atom stereocenters. The summed E-state index contributed by atoms with van der Waals surface area (Å²) < 4.78 is 59.6. The quantitative estimate of drug-likeness (QED) is 0.262. The molecule has 0 bridgehead atoms. The summed E-state index contributed by atoms with van der Waals surface area (Å²) in [6, 6.07) is 7.87. The van der Waals surface area contributed by atoms with Crippen molar-refractivity contribution < 1.29 is 30.7 Å². The summed E-state index contributed by atoms with van der Waals surface area (Å²) in [6.45, 7) is 7.23. The van der Waals surface area contributed by atoms with Gasteiger partial charge in [0.15, 0.2) is 0 Å². The van der Waals surface area contributed by atoms with Gasteiger partial charge in [-0.05, 0) is 62.6 Å². The van der Waals surface area contributed by atoms with E-state index in [0.29, 0.717) is 28.8 Å². The van der Waals surface area contributed by atoms with Crippen molar-refractivity contribution in [3.05, 3.63) is 63.7 Å². The largest absolute Gasteiger partial charge is 0.399 e. The number of sulfone groups is 1. The van der Waals surface area contributed by atoms with Gasteiger partial charge in [-0.3, -0.25) is 0 Å². The molecule has 1 aliphatic heterocycles. The van der Waals surface area contributed by atoms with E-state index in [1.54, 1.807) is 39.0 Å². The Morgan fingerprint density at radius 2 is 1.81 bits per heavy atom. The van der Waals surface area contributed by atoms with Gasteiger partial charge in [-0.1, -0.05) is 22.9 Å². The van der Waals surface area contributed by atoms with E-state index in [9.17, 15) is 21.6 Å². The molecule has 0 spiro atoms. The van der Waals surface area contributed by atoms with Gasteiger partial charge in [-0.15, -0.1) is 0 Å². The molecule has 194 valence electrons. The number of rotatable bonds is 6. The molecule has 0 fully saturated rings. The minimum Gasteiger partial charge on any atom is -0.399 e. The van der Waals surface area contributed by atoms with Crippen LogP contribution in [0.25, 0.3) is 11.1 Å². The van der Waals surface area contributed by atoms with E-state index in [-0.39, 0.29) is 33.4 Å². The third-order valence-electron chi connectivity index (χ3n) is 6.13. The Hall–Kier alpha value is -3.73. The minimum atomic E-state index is -4.20. The number of benzene rings is 2. The van der Waals surface area contributed by atoms with Crippen LogP contribution in [0.4, 0.5) is 0 Å². The number of fused-ring (bicyclic) bond motifs is 1. The first-order valence-electron chi connectivity index (χ1n) is 11.3. The summed E-state index contributed by atoms with van der Waals surface area (Å²) in [4.78, 5) is 15.9. The number of oxime groups is 1. The molecule has 0 atom stereocenters. The van der Waals surface area contributed by atoms with E-state index in [4.69, 9.17) is 9.02 Å². The first-order valence-corrected chi connectivity index (χ1v) is 14.2. The average molecular weight is 544 g/mol. The molecule has 10 nitrogen and oxygen atoms in total. The molecule has 2 heterocycles. The summed E-state index contributed by atoms with van der Waals surface area (Å²) >= 11 is 0. The second kappa shape index (κ2) is 9.62. The Morgan fingerprint density at radius 3 is 2.41 bits per heavy atom. The van der Waals surface area contributed by atoms with E-state index >= 15 is 0 Å². The van der Waals surface area contributed by atoms with Gasteiger partial charge in [0.1, 0.15) is 22.9 Å². The molecule has 2 aromatic carbocycles. The lowest BCUT2D eigenvalue weighted by molar-refractivity contribution is 0.213. The third kappa shape index (κ3) is 4.48. The van der Waals surface area contributed by atoms with Crippen molar-refractivity contribution in [3.63, 3.8) is 0 Å². The highest BCUT2D eigenvalue weighted by Crippen LogP contribution is 2.42. The summed E-state index contributed by atoms with van der Waals surface area (Å²) in [5.74, 6) is 1.51. The van der Waals surface area contributed by atoms with Gasteiger partial charge in [0.2, 0.25) is 15.7 Å². The highest BCUT2D eigenvalue weighted by atomic mass is 32.2. The fourth-order valence-electron chi connectivity index (χ4n) is 4.33. The lowest BCUT2D eigenvalue weighted by Gasteiger charge is -2.24. The zero-order valence-corrected chi connectivity index (χ0v) is 22.5. The number of carbonyl (C=O) groups excluding carboxylic acids is 1. The van der Waals surface area contributed by atoms with E-state index < -0.39 is 24.9 Å². The maximum absolute atomic E-state index is 13.2. The molecule has 3 aromatic rings. The van der Waals surface area contributed by atoms with Gasteiger partial charge in [-0.25, -0.2) is 17.9 Å². The Kier molecular flexibility index (Phi) is 6.85. The molecular formula is C25H25N3O7S2. The van der Waals surface area contributed by atoms with Crippen LogP contribution in [-0.4, -0.2) is 45.4 Å². The lowest BCUT2D eigenvalue weighted by atomic mass is 9.91. The van der Waals surface area contributed by atoms with Gasteiger partial charge < -0.3 is 9.02 Å². The molecule has 0 saturated carbocycles. The Labute approximate surface area is 215 Å². The van der Waals surface area contributed by atoms with Crippen molar-refractivity contribution >= 4 is 31.6 Å². The molecule has 0 radical (unpaired) electrons. The number of aryl methyl sites for hydroxylation is 3. The zero-order chi connectivity index (χ0) is 27.1. The Bertz CT molecular complexity index is 1700. The normalized spacial score (nSPS) is 15.8.